The minimum atomic E-state index is -0.810. The molecule has 0 unspecified atom stereocenters. The van der Waals surface area contributed by atoms with Gasteiger partial charge in [-0.3, -0.25) is 9.59 Å². The fourth-order valence-electron chi connectivity index (χ4n) is 3.89. The third-order valence-corrected chi connectivity index (χ3v) is 5.19. The maximum absolute atomic E-state index is 12.8. The number of ketones is 1. The van der Waals surface area contributed by atoms with Gasteiger partial charge in [0.2, 0.25) is 0 Å². The lowest BCUT2D eigenvalue weighted by atomic mass is 9.77. The number of aromatic nitrogens is 1. The maximum Gasteiger partial charge on any atom is 0.355 e. The van der Waals surface area contributed by atoms with E-state index >= 15 is 0 Å². The van der Waals surface area contributed by atoms with Gasteiger partial charge in [0.05, 0.1) is 7.11 Å². The number of rotatable bonds is 3. The monoisotopic (exact) mass is 333 g/mol. The van der Waals surface area contributed by atoms with Crippen molar-refractivity contribution >= 4 is 17.7 Å². The van der Waals surface area contributed by atoms with Crippen molar-refractivity contribution in [2.45, 2.75) is 52.1 Å². The smallest absolute Gasteiger partial charge is 0.355 e. The van der Waals surface area contributed by atoms with Crippen LogP contribution in [0.3, 0.4) is 0 Å². The minimum absolute atomic E-state index is 0.0327. The van der Waals surface area contributed by atoms with E-state index in [0.717, 1.165) is 25.7 Å². The van der Waals surface area contributed by atoms with Crippen LogP contribution in [-0.4, -0.2) is 35.9 Å². The molecular formula is C18H23NO5. The molecule has 0 saturated heterocycles. The van der Waals surface area contributed by atoms with Gasteiger partial charge in [0, 0.05) is 11.3 Å². The first-order valence-electron chi connectivity index (χ1n) is 8.48. The second-order valence-corrected chi connectivity index (χ2v) is 6.84. The molecular weight excluding hydrogens is 310 g/mol. The van der Waals surface area contributed by atoms with Gasteiger partial charge in [-0.2, -0.15) is 0 Å². The van der Waals surface area contributed by atoms with Gasteiger partial charge in [-0.05, 0) is 50.5 Å². The average molecular weight is 333 g/mol. The predicted molar refractivity (Wildman–Crippen MR) is 85.9 cm³/mol. The summed E-state index contributed by atoms with van der Waals surface area (Å²) in [4.78, 5) is 40.2. The summed E-state index contributed by atoms with van der Waals surface area (Å²) in [6.45, 7) is 3.57. The molecule has 0 spiro atoms. The Morgan fingerprint density at radius 2 is 1.88 bits per heavy atom. The Labute approximate surface area is 140 Å². The van der Waals surface area contributed by atoms with E-state index in [1.54, 1.807) is 6.92 Å². The quantitative estimate of drug-likeness (QED) is 0.679. The van der Waals surface area contributed by atoms with Gasteiger partial charge >= 0.3 is 11.9 Å². The van der Waals surface area contributed by atoms with Crippen molar-refractivity contribution in [3.05, 3.63) is 22.5 Å². The van der Waals surface area contributed by atoms with Crippen LogP contribution in [0.4, 0.5) is 0 Å². The Morgan fingerprint density at radius 1 is 1.21 bits per heavy atom. The third kappa shape index (κ3) is 2.74. The second-order valence-electron chi connectivity index (χ2n) is 6.84. The summed E-state index contributed by atoms with van der Waals surface area (Å²) in [5.74, 6) is -2.19. The molecule has 0 aliphatic heterocycles. The molecule has 1 aromatic rings. The molecule has 1 N–H and O–H groups in total. The number of methoxy groups -OCH3 is 1. The van der Waals surface area contributed by atoms with Gasteiger partial charge < -0.3 is 14.5 Å². The summed E-state index contributed by atoms with van der Waals surface area (Å²) >= 11 is 0. The first-order valence-corrected chi connectivity index (χ1v) is 8.48. The molecule has 6 nitrogen and oxygen atoms in total. The van der Waals surface area contributed by atoms with E-state index in [0.29, 0.717) is 28.9 Å². The number of hydrogen-bond acceptors (Lipinski definition) is 5. The zero-order valence-corrected chi connectivity index (χ0v) is 14.3. The molecule has 2 atom stereocenters. The molecule has 0 bridgehead atoms. The van der Waals surface area contributed by atoms with Gasteiger partial charge in [-0.15, -0.1) is 0 Å². The van der Waals surface area contributed by atoms with E-state index in [1.807, 2.05) is 6.92 Å². The number of aromatic amines is 1. The summed E-state index contributed by atoms with van der Waals surface area (Å²) in [6.07, 6.45) is 4.44. The average Bonchev–Trinajstić information content (AvgIpc) is 3.15. The number of carbonyl (C=O) groups excluding carboxylic acids is 3. The van der Waals surface area contributed by atoms with E-state index in [4.69, 9.17) is 9.47 Å². The first kappa shape index (κ1) is 16.7. The molecule has 0 amide bonds. The summed E-state index contributed by atoms with van der Waals surface area (Å²) in [6, 6.07) is 0. The number of H-pyrrole nitrogens is 1. The molecule has 1 fully saturated rings. The van der Waals surface area contributed by atoms with Gasteiger partial charge in [-0.25, -0.2) is 4.79 Å². The summed E-state index contributed by atoms with van der Waals surface area (Å²) in [5.41, 5.74) is 2.06. The van der Waals surface area contributed by atoms with Gasteiger partial charge in [0.15, 0.2) is 5.78 Å². The van der Waals surface area contributed by atoms with Crippen LogP contribution in [0.1, 0.15) is 64.7 Å². The van der Waals surface area contributed by atoms with Crippen LogP contribution >= 0.6 is 0 Å². The lowest BCUT2D eigenvalue weighted by molar-refractivity contribution is -0.145. The summed E-state index contributed by atoms with van der Waals surface area (Å²) in [7, 11) is 1.28. The van der Waals surface area contributed by atoms with Crippen LogP contribution in [0.25, 0.3) is 0 Å². The van der Waals surface area contributed by atoms with Crippen LogP contribution in [0.15, 0.2) is 0 Å². The second kappa shape index (κ2) is 6.42. The molecule has 0 radical (unpaired) electrons. The molecule has 2 aliphatic carbocycles. The lowest BCUT2D eigenvalue weighted by Gasteiger charge is -2.25. The van der Waals surface area contributed by atoms with Crippen molar-refractivity contribution < 1.29 is 23.9 Å². The van der Waals surface area contributed by atoms with Gasteiger partial charge in [0.25, 0.3) is 0 Å². The van der Waals surface area contributed by atoms with Crippen molar-refractivity contribution in [3.8, 4) is 0 Å². The topological polar surface area (TPSA) is 85.5 Å². The molecule has 24 heavy (non-hydrogen) atoms. The Kier molecular flexibility index (Phi) is 4.47. The van der Waals surface area contributed by atoms with Crippen molar-refractivity contribution in [2.75, 3.05) is 7.11 Å². The predicted octanol–water partition coefficient (Wildman–Crippen LogP) is 2.59. The fourth-order valence-corrected chi connectivity index (χ4v) is 3.89. The lowest BCUT2D eigenvalue weighted by Crippen LogP contribution is -2.36. The summed E-state index contributed by atoms with van der Waals surface area (Å²) in [5, 5.41) is 0. The van der Waals surface area contributed by atoms with E-state index < -0.39 is 17.9 Å². The van der Waals surface area contributed by atoms with Crippen molar-refractivity contribution in [3.63, 3.8) is 0 Å². The van der Waals surface area contributed by atoms with E-state index in [9.17, 15) is 14.4 Å². The fraction of sp³-hybridized carbons (Fsp3) is 0.611. The van der Waals surface area contributed by atoms with Crippen LogP contribution in [0, 0.1) is 18.8 Å². The normalized spacial score (nSPS) is 23.9. The zero-order valence-electron chi connectivity index (χ0n) is 14.3. The number of fused-ring (bicyclic) bond motifs is 1. The number of nitrogens with one attached hydrogen (secondary N) is 1. The first-order chi connectivity index (χ1) is 11.4. The van der Waals surface area contributed by atoms with Crippen LogP contribution in [-0.2, 0) is 20.7 Å². The highest BCUT2D eigenvalue weighted by atomic mass is 16.5. The highest BCUT2D eigenvalue weighted by Gasteiger charge is 2.42. The number of Topliss-reactive ketones (excluding diaryl/α,β-unsaturated/α-hetero) is 1. The van der Waals surface area contributed by atoms with E-state index in [-0.39, 0.29) is 17.8 Å². The molecule has 2 aliphatic rings. The van der Waals surface area contributed by atoms with Gasteiger partial charge in [0.1, 0.15) is 17.7 Å². The molecule has 6 heteroatoms. The molecule has 130 valence electrons. The third-order valence-electron chi connectivity index (χ3n) is 5.19. The van der Waals surface area contributed by atoms with Crippen LogP contribution in [0.2, 0.25) is 0 Å². The van der Waals surface area contributed by atoms with E-state index in [2.05, 4.69) is 4.98 Å². The number of hydrogen-bond donors (Lipinski definition) is 1. The van der Waals surface area contributed by atoms with Gasteiger partial charge in [-0.1, -0.05) is 6.92 Å². The highest BCUT2D eigenvalue weighted by Crippen LogP contribution is 2.34. The minimum Gasteiger partial charge on any atom is -0.468 e. The SMILES string of the molecule is COC(=O)[C@@H]1C(=O)c2c([nH]c(C(=O)OC3CCCC3)c2C)C[C@H]1C. The molecule has 1 aromatic heterocycles. The molecule has 1 saturated carbocycles. The van der Waals surface area contributed by atoms with Crippen LogP contribution < -0.4 is 0 Å². The number of esters is 2. The Balaban J connectivity index is 1.89. The van der Waals surface area contributed by atoms with E-state index in [1.165, 1.54) is 7.11 Å². The van der Waals surface area contributed by atoms with Crippen molar-refractivity contribution in [2.24, 2.45) is 11.8 Å². The number of ether oxygens (including phenoxy) is 2. The molecule has 0 aromatic carbocycles. The van der Waals surface area contributed by atoms with Crippen LogP contribution in [0.5, 0.6) is 0 Å². The zero-order chi connectivity index (χ0) is 17.4. The van der Waals surface area contributed by atoms with Crippen molar-refractivity contribution in [1.82, 2.24) is 4.98 Å². The standard InChI is InChI=1S/C18H23NO5/c1-9-8-12-14(16(20)13(9)17(21)23-3)10(2)15(19-12)18(22)24-11-6-4-5-7-11/h9,11,13,19H,4-8H2,1-3H3/t9-,13+/m1/s1. The summed E-state index contributed by atoms with van der Waals surface area (Å²) < 4.78 is 10.3. The Bertz CT molecular complexity index is 684. The van der Waals surface area contributed by atoms with Crippen molar-refractivity contribution in [1.29, 1.82) is 0 Å². The Hall–Kier alpha value is -2.11. The highest BCUT2D eigenvalue weighted by molar-refractivity contribution is 6.12. The largest absolute Gasteiger partial charge is 0.468 e. The maximum atomic E-state index is 12.8. The molecule has 3 rings (SSSR count). The molecule has 1 heterocycles. The Morgan fingerprint density at radius 3 is 2.50 bits per heavy atom. The number of carbonyl (C=O) groups is 3.